The van der Waals surface area contributed by atoms with Crippen molar-refractivity contribution >= 4 is 21.7 Å². The SMILES string of the molecule is O=C(c1cnn(-c2ccccc2)n1)c1occc1Br. The van der Waals surface area contributed by atoms with Crippen molar-refractivity contribution < 1.29 is 9.21 Å². The quantitative estimate of drug-likeness (QED) is 0.697. The van der Waals surface area contributed by atoms with Gasteiger partial charge in [-0.15, -0.1) is 5.10 Å². The third-order valence-corrected chi connectivity index (χ3v) is 3.16. The highest BCUT2D eigenvalue weighted by molar-refractivity contribution is 9.10. The number of nitrogens with zero attached hydrogens (tertiary/aromatic N) is 3. The molecular formula is C13H8BrN3O2. The van der Waals surface area contributed by atoms with Crippen LogP contribution < -0.4 is 0 Å². The van der Waals surface area contributed by atoms with Crippen LogP contribution >= 0.6 is 15.9 Å². The first-order chi connectivity index (χ1) is 9.25. The van der Waals surface area contributed by atoms with Gasteiger partial charge in [0.15, 0.2) is 11.5 Å². The Morgan fingerprint density at radius 1 is 1.21 bits per heavy atom. The summed E-state index contributed by atoms with van der Waals surface area (Å²) in [5.74, 6) is -0.0841. The maximum atomic E-state index is 12.1. The zero-order valence-corrected chi connectivity index (χ0v) is 11.2. The van der Waals surface area contributed by atoms with Crippen LogP contribution in [0, 0.1) is 0 Å². The third kappa shape index (κ3) is 2.22. The molecule has 5 nitrogen and oxygen atoms in total. The molecule has 0 N–H and O–H groups in total. The summed E-state index contributed by atoms with van der Waals surface area (Å²) < 4.78 is 5.73. The molecule has 0 aliphatic heterocycles. The summed E-state index contributed by atoms with van der Waals surface area (Å²) in [6.07, 6.45) is 2.86. The summed E-state index contributed by atoms with van der Waals surface area (Å²) in [4.78, 5) is 13.5. The topological polar surface area (TPSA) is 60.9 Å². The molecule has 0 radical (unpaired) electrons. The Morgan fingerprint density at radius 2 is 2.00 bits per heavy atom. The molecule has 0 atom stereocenters. The van der Waals surface area contributed by atoms with Crippen molar-refractivity contribution in [2.24, 2.45) is 0 Å². The van der Waals surface area contributed by atoms with Crippen LogP contribution in [-0.2, 0) is 0 Å². The zero-order valence-electron chi connectivity index (χ0n) is 9.65. The van der Waals surface area contributed by atoms with Crippen molar-refractivity contribution in [3.63, 3.8) is 0 Å². The number of para-hydroxylation sites is 1. The highest BCUT2D eigenvalue weighted by Crippen LogP contribution is 2.20. The van der Waals surface area contributed by atoms with E-state index < -0.39 is 0 Å². The summed E-state index contributed by atoms with van der Waals surface area (Å²) in [6, 6.07) is 11.0. The fourth-order valence-electron chi connectivity index (χ4n) is 1.62. The molecule has 0 aliphatic rings. The number of furan rings is 1. The van der Waals surface area contributed by atoms with Crippen molar-refractivity contribution in [2.75, 3.05) is 0 Å². The monoisotopic (exact) mass is 317 g/mol. The van der Waals surface area contributed by atoms with Gasteiger partial charge in [-0.05, 0) is 34.1 Å². The van der Waals surface area contributed by atoms with Gasteiger partial charge in [0, 0.05) is 0 Å². The molecule has 0 spiro atoms. The van der Waals surface area contributed by atoms with Gasteiger partial charge < -0.3 is 4.42 Å². The first-order valence-corrected chi connectivity index (χ1v) is 6.30. The average Bonchev–Trinajstić information content (AvgIpc) is 3.08. The second-order valence-electron chi connectivity index (χ2n) is 3.78. The number of halogens is 1. The minimum absolute atomic E-state index is 0.222. The van der Waals surface area contributed by atoms with E-state index in [2.05, 4.69) is 26.1 Å². The number of aromatic nitrogens is 3. The van der Waals surface area contributed by atoms with Crippen molar-refractivity contribution in [1.29, 1.82) is 0 Å². The van der Waals surface area contributed by atoms with E-state index in [1.165, 1.54) is 17.3 Å². The minimum atomic E-state index is -0.306. The summed E-state index contributed by atoms with van der Waals surface area (Å²) in [5.41, 5.74) is 1.03. The lowest BCUT2D eigenvalue weighted by molar-refractivity contribution is 0.100. The Hall–Kier alpha value is -2.21. The van der Waals surface area contributed by atoms with Crippen LogP contribution in [0.25, 0.3) is 5.69 Å². The Kier molecular flexibility index (Phi) is 3.00. The van der Waals surface area contributed by atoms with Crippen LogP contribution in [0.3, 0.4) is 0 Å². The van der Waals surface area contributed by atoms with Gasteiger partial charge in [0.1, 0.15) is 0 Å². The van der Waals surface area contributed by atoms with Crippen LogP contribution in [0.4, 0.5) is 0 Å². The molecule has 0 saturated heterocycles. The minimum Gasteiger partial charge on any atom is -0.460 e. The molecule has 6 heteroatoms. The van der Waals surface area contributed by atoms with E-state index >= 15 is 0 Å². The van der Waals surface area contributed by atoms with Crippen LogP contribution in [-0.4, -0.2) is 20.8 Å². The van der Waals surface area contributed by atoms with Crippen molar-refractivity contribution in [3.8, 4) is 5.69 Å². The van der Waals surface area contributed by atoms with E-state index in [1.807, 2.05) is 30.3 Å². The second-order valence-corrected chi connectivity index (χ2v) is 4.64. The molecule has 3 rings (SSSR count). The number of hydrogen-bond donors (Lipinski definition) is 0. The predicted octanol–water partition coefficient (Wildman–Crippen LogP) is 2.85. The summed E-state index contributed by atoms with van der Waals surface area (Å²) in [7, 11) is 0. The van der Waals surface area contributed by atoms with E-state index in [0.29, 0.717) is 4.47 Å². The first kappa shape index (κ1) is 11.9. The molecule has 0 aliphatic carbocycles. The Balaban J connectivity index is 1.94. The highest BCUT2D eigenvalue weighted by Gasteiger charge is 2.19. The van der Waals surface area contributed by atoms with Crippen LogP contribution in [0.2, 0.25) is 0 Å². The molecule has 2 aromatic heterocycles. The maximum Gasteiger partial charge on any atom is 0.251 e. The molecule has 2 heterocycles. The fourth-order valence-corrected chi connectivity index (χ4v) is 2.01. The second kappa shape index (κ2) is 4.81. The molecular weight excluding hydrogens is 310 g/mol. The van der Waals surface area contributed by atoms with Gasteiger partial charge in [-0.3, -0.25) is 4.79 Å². The van der Waals surface area contributed by atoms with Gasteiger partial charge in [-0.1, -0.05) is 18.2 Å². The van der Waals surface area contributed by atoms with E-state index in [0.717, 1.165) is 5.69 Å². The van der Waals surface area contributed by atoms with Crippen LogP contribution in [0.1, 0.15) is 16.2 Å². The molecule has 0 amide bonds. The zero-order chi connectivity index (χ0) is 13.2. The molecule has 19 heavy (non-hydrogen) atoms. The molecule has 3 aromatic rings. The fraction of sp³-hybridized carbons (Fsp3) is 0. The lowest BCUT2D eigenvalue weighted by atomic mass is 10.2. The van der Waals surface area contributed by atoms with Crippen molar-refractivity contribution in [2.45, 2.75) is 0 Å². The van der Waals surface area contributed by atoms with E-state index in [1.54, 1.807) is 6.07 Å². The molecule has 94 valence electrons. The third-order valence-electron chi connectivity index (χ3n) is 2.54. The number of carbonyl (C=O) groups excluding carboxylic acids is 1. The summed E-state index contributed by atoms with van der Waals surface area (Å²) >= 11 is 3.25. The highest BCUT2D eigenvalue weighted by atomic mass is 79.9. The van der Waals surface area contributed by atoms with Crippen LogP contribution in [0.15, 0.2) is 57.7 Å². The van der Waals surface area contributed by atoms with Gasteiger partial charge in [0.05, 0.1) is 22.6 Å². The Bertz CT molecular complexity index is 718. The lowest BCUT2D eigenvalue weighted by Crippen LogP contribution is -2.04. The van der Waals surface area contributed by atoms with Gasteiger partial charge in [0.25, 0.3) is 5.78 Å². The molecule has 0 fully saturated rings. The molecule has 1 aromatic carbocycles. The average molecular weight is 318 g/mol. The number of benzene rings is 1. The number of rotatable bonds is 3. The lowest BCUT2D eigenvalue weighted by Gasteiger charge is -1.97. The first-order valence-electron chi connectivity index (χ1n) is 5.51. The normalized spacial score (nSPS) is 10.6. The standard InChI is InChI=1S/C13H8BrN3O2/c14-10-6-7-19-13(10)12(18)11-8-15-17(16-11)9-4-2-1-3-5-9/h1-8H. The largest absolute Gasteiger partial charge is 0.460 e. The van der Waals surface area contributed by atoms with Gasteiger partial charge in [-0.25, -0.2) is 0 Å². The summed E-state index contributed by atoms with van der Waals surface area (Å²) in [6.45, 7) is 0. The van der Waals surface area contributed by atoms with E-state index in [9.17, 15) is 4.79 Å². The number of carbonyl (C=O) groups is 1. The Labute approximate surface area is 117 Å². The molecule has 0 bridgehead atoms. The van der Waals surface area contributed by atoms with Crippen LogP contribution in [0.5, 0.6) is 0 Å². The smallest absolute Gasteiger partial charge is 0.251 e. The maximum absolute atomic E-state index is 12.1. The number of ketones is 1. The van der Waals surface area contributed by atoms with Gasteiger partial charge in [-0.2, -0.15) is 9.90 Å². The van der Waals surface area contributed by atoms with E-state index in [-0.39, 0.29) is 17.2 Å². The molecule has 0 unspecified atom stereocenters. The molecule has 0 saturated carbocycles. The van der Waals surface area contributed by atoms with Crippen molar-refractivity contribution in [3.05, 3.63) is 64.8 Å². The Morgan fingerprint density at radius 3 is 2.68 bits per heavy atom. The predicted molar refractivity (Wildman–Crippen MR) is 71.2 cm³/mol. The number of hydrogen-bond acceptors (Lipinski definition) is 4. The van der Waals surface area contributed by atoms with Gasteiger partial charge >= 0.3 is 0 Å². The summed E-state index contributed by atoms with van der Waals surface area (Å²) in [5, 5.41) is 8.23. The van der Waals surface area contributed by atoms with E-state index in [4.69, 9.17) is 4.42 Å². The van der Waals surface area contributed by atoms with Gasteiger partial charge in [0.2, 0.25) is 0 Å². The van der Waals surface area contributed by atoms with Crippen molar-refractivity contribution in [1.82, 2.24) is 15.0 Å².